The van der Waals surface area contributed by atoms with Crippen molar-refractivity contribution in [3.05, 3.63) is 148 Å². The zero-order valence-corrected chi connectivity index (χ0v) is 32.2. The van der Waals surface area contributed by atoms with Crippen molar-refractivity contribution in [1.29, 1.82) is 0 Å². The first kappa shape index (κ1) is 39.6. The highest BCUT2D eigenvalue weighted by molar-refractivity contribution is 7.81. The van der Waals surface area contributed by atoms with E-state index < -0.39 is 61.7 Å². The monoisotopic (exact) mass is 824 g/mol. The van der Waals surface area contributed by atoms with Crippen LogP contribution in [0.2, 0.25) is 10.0 Å². The maximum absolute atomic E-state index is 14.7. The Labute approximate surface area is 329 Å². The molecule has 2 aromatic heterocycles. The van der Waals surface area contributed by atoms with Crippen molar-refractivity contribution in [2.24, 2.45) is 0 Å². The minimum atomic E-state index is -3.29. The van der Waals surface area contributed by atoms with Gasteiger partial charge in [0.25, 0.3) is 0 Å². The third-order valence-corrected chi connectivity index (χ3v) is 12.6. The summed E-state index contributed by atoms with van der Waals surface area (Å²) in [4.78, 5) is 4.70. The maximum atomic E-state index is 14.7. The van der Waals surface area contributed by atoms with Gasteiger partial charge in [0.2, 0.25) is 0 Å². The first-order chi connectivity index (χ1) is 27.0. The summed E-state index contributed by atoms with van der Waals surface area (Å²) in [5.41, 5.74) is 0.321. The van der Waals surface area contributed by atoms with E-state index in [0.717, 1.165) is 12.1 Å². The molecule has 1 N–H and O–H groups in total. The highest BCUT2D eigenvalue weighted by Crippen LogP contribution is 2.46. The third kappa shape index (κ3) is 7.83. The van der Waals surface area contributed by atoms with Crippen LogP contribution in [0.25, 0.3) is 16.9 Å². The number of rotatable bonds is 12. The van der Waals surface area contributed by atoms with E-state index in [1.54, 1.807) is 61.3 Å². The van der Waals surface area contributed by atoms with Gasteiger partial charge in [0, 0.05) is 28.3 Å². The lowest BCUT2D eigenvalue weighted by Crippen LogP contribution is -2.54. The lowest BCUT2D eigenvalue weighted by atomic mass is 9.91. The minimum absolute atomic E-state index is 0.0104. The molecular weight excluding hydrogens is 791 g/mol. The molecule has 6 aromatic rings. The van der Waals surface area contributed by atoms with Gasteiger partial charge in [-0.2, -0.15) is 5.10 Å². The Morgan fingerprint density at radius 3 is 2.23 bits per heavy atom. The number of hydrogen-bond donors (Lipinski definition) is 1. The molecule has 1 aliphatic heterocycles. The van der Waals surface area contributed by atoms with Gasteiger partial charge in [-0.3, -0.25) is 0 Å². The smallest absolute Gasteiger partial charge is 0.194 e. The molecule has 56 heavy (non-hydrogen) atoms. The number of halogens is 5. The van der Waals surface area contributed by atoms with Crippen LogP contribution in [0.15, 0.2) is 109 Å². The summed E-state index contributed by atoms with van der Waals surface area (Å²) in [6, 6.07) is 23.6. The van der Waals surface area contributed by atoms with Crippen molar-refractivity contribution < 1.29 is 37.1 Å². The van der Waals surface area contributed by atoms with Crippen LogP contribution >= 0.6 is 30.3 Å². The van der Waals surface area contributed by atoms with Crippen LogP contribution in [0, 0.1) is 24.4 Å². The van der Waals surface area contributed by atoms with Crippen LogP contribution < -0.4 is 10.6 Å². The number of aromatic nitrogens is 6. The highest BCUT2D eigenvalue weighted by atomic mass is 35.5. The molecule has 1 aliphatic rings. The molecule has 4 aromatic carbocycles. The zero-order valence-electron chi connectivity index (χ0n) is 29.8. The molecule has 1 fully saturated rings. The van der Waals surface area contributed by atoms with Crippen molar-refractivity contribution in [3.8, 4) is 16.9 Å². The fourth-order valence-corrected chi connectivity index (χ4v) is 9.36. The van der Waals surface area contributed by atoms with Gasteiger partial charge in [-0.25, -0.2) is 27.5 Å². The topological polar surface area (TPSA) is 126 Å². The standard InChI is InChI=1S/C39H34Cl2F3N6O5P/c1-23-45-39(50(47-23)32-20-25(40)14-15-28(32)41)38-37(54-16-9-17-56(52,26-10-5-3-6-11-26)27-12-7-4-8-13-27)35(36(53-2)33(22-51)55-38)49-21-31(46-48-49)24-18-29(42)34(44)30(43)19-24/h3-15,17-21,33,35-38,51H,16,22H2,1-2H3/b17-9+. The number of aliphatic hydroxyl groups is 1. The molecule has 17 heteroatoms. The van der Waals surface area contributed by atoms with E-state index in [2.05, 4.69) is 15.4 Å². The van der Waals surface area contributed by atoms with Crippen molar-refractivity contribution >= 4 is 41.0 Å². The lowest BCUT2D eigenvalue weighted by Gasteiger charge is -2.45. The van der Waals surface area contributed by atoms with Crippen LogP contribution in [0.3, 0.4) is 0 Å². The molecule has 5 atom stereocenters. The van der Waals surface area contributed by atoms with Gasteiger partial charge in [0.05, 0.1) is 30.1 Å². The van der Waals surface area contributed by atoms with E-state index in [4.69, 9.17) is 42.4 Å². The van der Waals surface area contributed by atoms with Crippen LogP contribution in [-0.4, -0.2) is 73.5 Å². The van der Waals surface area contributed by atoms with Gasteiger partial charge in [-0.15, -0.1) is 5.10 Å². The predicted octanol–water partition coefficient (Wildman–Crippen LogP) is 7.16. The summed E-state index contributed by atoms with van der Waals surface area (Å²) in [7, 11) is -1.87. The molecule has 7 rings (SSSR count). The van der Waals surface area contributed by atoms with E-state index in [-0.39, 0.29) is 23.7 Å². The largest absolute Gasteiger partial charge is 0.394 e. The first-order valence-electron chi connectivity index (χ1n) is 17.3. The summed E-state index contributed by atoms with van der Waals surface area (Å²) in [5, 5.41) is 25.6. The Bertz CT molecular complexity index is 2340. The van der Waals surface area contributed by atoms with Crippen LogP contribution in [0.5, 0.6) is 0 Å². The molecule has 0 radical (unpaired) electrons. The second-order valence-corrected chi connectivity index (χ2v) is 16.3. The first-order valence-corrected chi connectivity index (χ1v) is 19.8. The molecule has 0 aliphatic carbocycles. The Kier molecular flexibility index (Phi) is 11.9. The van der Waals surface area contributed by atoms with E-state index >= 15 is 0 Å². The number of ether oxygens (including phenoxy) is 3. The number of aryl methyl sites for hydroxylation is 1. The Balaban J connectivity index is 1.33. The number of benzene rings is 4. The lowest BCUT2D eigenvalue weighted by molar-refractivity contribution is -0.227. The Morgan fingerprint density at radius 2 is 1.61 bits per heavy atom. The molecule has 0 saturated carbocycles. The molecule has 11 nitrogen and oxygen atoms in total. The van der Waals surface area contributed by atoms with E-state index in [1.807, 2.05) is 36.4 Å². The summed E-state index contributed by atoms with van der Waals surface area (Å²) >= 11 is 13.0. The second kappa shape index (κ2) is 16.8. The fourth-order valence-electron chi connectivity index (χ4n) is 6.74. The van der Waals surface area contributed by atoms with Gasteiger partial charge < -0.3 is 23.9 Å². The predicted molar refractivity (Wildman–Crippen MR) is 205 cm³/mol. The SMILES string of the molecule is COC1C(CO)OC(c2nc(C)nn2-c2cc(Cl)ccc2Cl)C(OC/C=C/P(=O)(c2ccccc2)c2ccccc2)C1n1cc(-c2cc(F)c(F)c(F)c2)nn1. The van der Waals surface area contributed by atoms with Crippen LogP contribution in [0.4, 0.5) is 13.2 Å². The highest BCUT2D eigenvalue weighted by Gasteiger charge is 2.51. The van der Waals surface area contributed by atoms with Crippen LogP contribution in [0.1, 0.15) is 23.8 Å². The molecule has 0 bridgehead atoms. The van der Waals surface area contributed by atoms with Crippen molar-refractivity contribution in [1.82, 2.24) is 29.8 Å². The average Bonchev–Trinajstić information content (AvgIpc) is 3.86. The summed E-state index contributed by atoms with van der Waals surface area (Å²) in [5.74, 6) is -2.23. The molecule has 0 spiro atoms. The maximum Gasteiger partial charge on any atom is 0.194 e. The van der Waals surface area contributed by atoms with E-state index in [1.165, 1.54) is 22.7 Å². The molecule has 0 amide bonds. The van der Waals surface area contributed by atoms with Gasteiger partial charge in [-0.1, -0.05) is 95.2 Å². The Hall–Kier alpha value is -4.66. The molecular formula is C39H34Cl2F3N6O5P. The second-order valence-electron chi connectivity index (χ2n) is 12.8. The summed E-state index contributed by atoms with van der Waals surface area (Å²) < 4.78 is 79.1. The fraction of sp³-hybridized carbons (Fsp3) is 0.231. The van der Waals surface area contributed by atoms with Gasteiger partial charge in [-0.05, 0) is 43.1 Å². The normalized spacial score (nSPS) is 20.2. The molecule has 3 heterocycles. The van der Waals surface area contributed by atoms with Crippen molar-refractivity contribution in [2.45, 2.75) is 37.4 Å². The van der Waals surface area contributed by atoms with Gasteiger partial charge in [0.1, 0.15) is 42.0 Å². The zero-order chi connectivity index (χ0) is 39.6. The minimum Gasteiger partial charge on any atom is -0.394 e. The molecule has 5 unspecified atom stereocenters. The van der Waals surface area contributed by atoms with Crippen molar-refractivity contribution in [2.75, 3.05) is 20.3 Å². The van der Waals surface area contributed by atoms with Crippen molar-refractivity contribution in [3.63, 3.8) is 0 Å². The van der Waals surface area contributed by atoms with Crippen LogP contribution in [-0.2, 0) is 18.8 Å². The van der Waals surface area contributed by atoms with E-state index in [9.17, 15) is 22.8 Å². The summed E-state index contributed by atoms with van der Waals surface area (Å²) in [6.45, 7) is 1.04. The molecule has 290 valence electrons. The quantitative estimate of drug-likeness (QED) is 0.101. The van der Waals surface area contributed by atoms with E-state index in [0.29, 0.717) is 32.2 Å². The number of methoxy groups -OCH3 is 1. The number of nitrogens with zero attached hydrogens (tertiary/aromatic N) is 6. The van der Waals surface area contributed by atoms with Gasteiger partial charge in [0.15, 0.2) is 30.4 Å². The number of hydrogen-bond acceptors (Lipinski definition) is 9. The Morgan fingerprint density at radius 1 is 0.946 bits per heavy atom. The number of aliphatic hydroxyl groups excluding tert-OH is 1. The summed E-state index contributed by atoms with van der Waals surface area (Å²) in [6.07, 6.45) is -1.10. The molecule has 1 saturated heterocycles. The van der Waals surface area contributed by atoms with Gasteiger partial charge >= 0.3 is 0 Å². The third-order valence-electron chi connectivity index (χ3n) is 9.32. The average molecular weight is 826 g/mol.